The van der Waals surface area contributed by atoms with Gasteiger partial charge in [0, 0.05) is 37.2 Å². The van der Waals surface area contributed by atoms with Crippen molar-refractivity contribution in [1.29, 1.82) is 0 Å². The molecule has 3 fully saturated rings. The first-order valence-electron chi connectivity index (χ1n) is 8.38. The Kier molecular flexibility index (Phi) is 4.04. The van der Waals surface area contributed by atoms with Gasteiger partial charge in [-0.1, -0.05) is 27.5 Å². The number of carbonyl (C=O) groups excluding carboxylic acids is 1. The average molecular weight is 399 g/mol. The smallest absolute Gasteiger partial charge is 0.230 e. The zero-order chi connectivity index (χ0) is 16.0. The van der Waals surface area contributed by atoms with Crippen LogP contribution in [0.2, 0.25) is 5.02 Å². The number of nitrogens with zero attached hydrogens (tertiary/aromatic N) is 3. The Morgan fingerprint density at radius 1 is 1.30 bits per heavy atom. The molecule has 1 saturated heterocycles. The molecule has 2 aliphatic carbocycles. The van der Waals surface area contributed by atoms with Gasteiger partial charge in [0.1, 0.15) is 5.82 Å². The number of rotatable bonds is 2. The van der Waals surface area contributed by atoms with E-state index in [2.05, 4.69) is 30.7 Å². The van der Waals surface area contributed by atoms with Gasteiger partial charge in [0.05, 0.1) is 10.4 Å². The highest BCUT2D eigenvalue weighted by atomic mass is 79.9. The van der Waals surface area contributed by atoms with Gasteiger partial charge < -0.3 is 9.80 Å². The van der Waals surface area contributed by atoms with Gasteiger partial charge in [-0.15, -0.1) is 0 Å². The molecule has 1 aliphatic heterocycles. The third-order valence-corrected chi connectivity index (χ3v) is 7.29. The van der Waals surface area contributed by atoms with Gasteiger partial charge in [-0.25, -0.2) is 4.98 Å². The van der Waals surface area contributed by atoms with E-state index in [1.54, 1.807) is 6.20 Å². The van der Waals surface area contributed by atoms with E-state index in [-0.39, 0.29) is 5.41 Å². The lowest BCUT2D eigenvalue weighted by Crippen LogP contribution is -2.54. The Labute approximate surface area is 150 Å². The van der Waals surface area contributed by atoms with Crippen molar-refractivity contribution in [2.45, 2.75) is 30.5 Å². The lowest BCUT2D eigenvalue weighted by atomic mass is 9.82. The maximum absolute atomic E-state index is 13.1. The zero-order valence-electron chi connectivity index (χ0n) is 13.0. The highest BCUT2D eigenvalue weighted by Crippen LogP contribution is 2.57. The van der Waals surface area contributed by atoms with Gasteiger partial charge in [-0.3, -0.25) is 4.79 Å². The van der Waals surface area contributed by atoms with Crippen LogP contribution < -0.4 is 4.90 Å². The van der Waals surface area contributed by atoms with Crippen LogP contribution in [-0.2, 0) is 4.79 Å². The molecule has 4 nitrogen and oxygen atoms in total. The van der Waals surface area contributed by atoms with Gasteiger partial charge in [-0.2, -0.15) is 0 Å². The Morgan fingerprint density at radius 2 is 2.09 bits per heavy atom. The molecule has 1 amide bonds. The van der Waals surface area contributed by atoms with Gasteiger partial charge in [-0.05, 0) is 43.7 Å². The van der Waals surface area contributed by atoms with Crippen LogP contribution in [0.3, 0.4) is 0 Å². The van der Waals surface area contributed by atoms with E-state index in [1.165, 1.54) is 12.8 Å². The van der Waals surface area contributed by atoms with E-state index < -0.39 is 0 Å². The van der Waals surface area contributed by atoms with Crippen LogP contribution in [0, 0.1) is 11.3 Å². The summed E-state index contributed by atoms with van der Waals surface area (Å²) >= 11 is 9.69. The number of hydrogen-bond donors (Lipinski definition) is 0. The number of anilines is 1. The van der Waals surface area contributed by atoms with E-state index in [4.69, 9.17) is 11.6 Å². The third-order valence-electron chi connectivity index (χ3n) is 5.82. The van der Waals surface area contributed by atoms with E-state index in [9.17, 15) is 4.79 Å². The molecular formula is C17H21BrClN3O. The number of halogens is 2. The van der Waals surface area contributed by atoms with Crippen LogP contribution in [0.4, 0.5) is 5.82 Å². The molecule has 0 spiro atoms. The predicted molar refractivity (Wildman–Crippen MR) is 95.1 cm³/mol. The van der Waals surface area contributed by atoms with E-state index in [1.807, 2.05) is 12.1 Å². The first-order chi connectivity index (χ1) is 11.1. The lowest BCUT2D eigenvalue weighted by Gasteiger charge is -2.41. The van der Waals surface area contributed by atoms with E-state index in [0.717, 1.165) is 50.8 Å². The van der Waals surface area contributed by atoms with Gasteiger partial charge >= 0.3 is 0 Å². The number of amides is 1. The maximum Gasteiger partial charge on any atom is 0.230 e. The van der Waals surface area contributed by atoms with Crippen LogP contribution in [0.15, 0.2) is 18.3 Å². The van der Waals surface area contributed by atoms with Crippen molar-refractivity contribution >= 4 is 39.3 Å². The van der Waals surface area contributed by atoms with Crippen molar-refractivity contribution in [1.82, 2.24) is 9.88 Å². The molecule has 1 aromatic rings. The monoisotopic (exact) mass is 397 g/mol. The first-order valence-corrected chi connectivity index (χ1v) is 9.68. The molecule has 0 N–H and O–H groups in total. The molecule has 0 aromatic carbocycles. The zero-order valence-corrected chi connectivity index (χ0v) is 15.4. The standard InChI is InChI=1S/C17H21BrClN3O/c18-14-9-12-3-4-17(14,10-12)16(23)22-7-5-21(6-8-22)15-2-1-13(19)11-20-15/h1-2,11-12,14H,3-10H2/t12-,14+,17-/m1/s1. The van der Waals surface area contributed by atoms with Crippen molar-refractivity contribution in [2.24, 2.45) is 11.3 Å². The summed E-state index contributed by atoms with van der Waals surface area (Å²) in [5, 5.41) is 0.655. The Morgan fingerprint density at radius 3 is 2.65 bits per heavy atom. The van der Waals surface area contributed by atoms with Crippen LogP contribution in [0.1, 0.15) is 25.7 Å². The quantitative estimate of drug-likeness (QED) is 0.717. The average Bonchev–Trinajstić information content (AvgIpc) is 3.13. The van der Waals surface area contributed by atoms with Crippen molar-refractivity contribution in [3.8, 4) is 0 Å². The number of carbonyl (C=O) groups is 1. The molecule has 4 rings (SSSR count). The minimum Gasteiger partial charge on any atom is -0.353 e. The second-order valence-electron chi connectivity index (χ2n) is 7.08. The summed E-state index contributed by atoms with van der Waals surface area (Å²) in [6.07, 6.45) is 6.22. The first kappa shape index (κ1) is 15.7. The molecule has 2 bridgehead atoms. The topological polar surface area (TPSA) is 36.4 Å². The van der Waals surface area contributed by atoms with Gasteiger partial charge in [0.15, 0.2) is 0 Å². The molecule has 1 aromatic heterocycles. The number of alkyl halides is 1. The summed E-state index contributed by atoms with van der Waals surface area (Å²) in [6.45, 7) is 3.25. The van der Waals surface area contributed by atoms with Gasteiger partial charge in [0.25, 0.3) is 0 Å². The molecule has 3 aliphatic rings. The molecule has 0 unspecified atom stereocenters. The molecular weight excluding hydrogens is 378 g/mol. The Bertz CT molecular complexity index is 602. The number of pyridine rings is 1. The fraction of sp³-hybridized carbons (Fsp3) is 0.647. The number of hydrogen-bond acceptors (Lipinski definition) is 3. The second-order valence-corrected chi connectivity index (χ2v) is 8.62. The summed E-state index contributed by atoms with van der Waals surface area (Å²) in [5.41, 5.74) is -0.120. The number of aromatic nitrogens is 1. The molecule has 23 heavy (non-hydrogen) atoms. The minimum absolute atomic E-state index is 0.120. The number of piperazine rings is 1. The summed E-state index contributed by atoms with van der Waals surface area (Å²) in [5.74, 6) is 2.07. The Hall–Kier alpha value is -0.810. The summed E-state index contributed by atoms with van der Waals surface area (Å²) in [7, 11) is 0. The molecule has 6 heteroatoms. The third kappa shape index (κ3) is 2.66. The molecule has 2 saturated carbocycles. The number of fused-ring (bicyclic) bond motifs is 2. The fourth-order valence-electron chi connectivity index (χ4n) is 4.52. The van der Waals surface area contributed by atoms with Crippen molar-refractivity contribution in [3.05, 3.63) is 23.4 Å². The predicted octanol–water partition coefficient (Wildman–Crippen LogP) is 3.34. The largest absolute Gasteiger partial charge is 0.353 e. The summed E-state index contributed by atoms with van der Waals surface area (Å²) in [6, 6.07) is 3.82. The Balaban J connectivity index is 1.41. The summed E-state index contributed by atoms with van der Waals surface area (Å²) in [4.78, 5) is 22.2. The normalized spacial score (nSPS) is 33.3. The highest BCUT2D eigenvalue weighted by Gasteiger charge is 2.57. The maximum atomic E-state index is 13.1. The lowest BCUT2D eigenvalue weighted by molar-refractivity contribution is -0.141. The minimum atomic E-state index is -0.120. The summed E-state index contributed by atoms with van der Waals surface area (Å²) < 4.78 is 0. The van der Waals surface area contributed by atoms with Crippen molar-refractivity contribution in [3.63, 3.8) is 0 Å². The molecule has 0 radical (unpaired) electrons. The van der Waals surface area contributed by atoms with Gasteiger partial charge in [0.2, 0.25) is 5.91 Å². The highest BCUT2D eigenvalue weighted by molar-refractivity contribution is 9.09. The molecule has 124 valence electrons. The van der Waals surface area contributed by atoms with Crippen molar-refractivity contribution < 1.29 is 4.79 Å². The van der Waals surface area contributed by atoms with Crippen LogP contribution in [-0.4, -0.2) is 46.8 Å². The van der Waals surface area contributed by atoms with Crippen LogP contribution in [0.25, 0.3) is 0 Å². The molecule has 2 heterocycles. The fourth-order valence-corrected chi connectivity index (χ4v) is 5.77. The molecule has 3 atom stereocenters. The van der Waals surface area contributed by atoms with Crippen molar-refractivity contribution in [2.75, 3.05) is 31.1 Å². The van der Waals surface area contributed by atoms with E-state index in [0.29, 0.717) is 15.8 Å². The van der Waals surface area contributed by atoms with Crippen LogP contribution in [0.5, 0.6) is 0 Å². The van der Waals surface area contributed by atoms with E-state index >= 15 is 0 Å². The second kappa shape index (κ2) is 5.92. The SMILES string of the molecule is O=C(N1CCN(c2ccc(Cl)cn2)CC1)[C@@]12CC[C@H](C[C@@H]1Br)C2. The van der Waals surface area contributed by atoms with Crippen LogP contribution >= 0.6 is 27.5 Å².